The average molecular weight is 397 g/mol. The van der Waals surface area contributed by atoms with E-state index in [1.165, 1.54) is 0 Å². The number of morpholine rings is 1. The van der Waals surface area contributed by atoms with Crippen LogP contribution in [0.3, 0.4) is 0 Å². The molecule has 5 rings (SSSR count). The van der Waals surface area contributed by atoms with Crippen molar-refractivity contribution in [2.45, 2.75) is 25.8 Å². The molecule has 2 bridgehead atoms. The topological polar surface area (TPSA) is 88.4 Å². The van der Waals surface area contributed by atoms with Crippen molar-refractivity contribution in [2.75, 3.05) is 61.1 Å². The fraction of sp³-hybridized carbons (Fsp3) is 0.600. The highest BCUT2D eigenvalue weighted by Crippen LogP contribution is 2.36. The van der Waals surface area contributed by atoms with Crippen molar-refractivity contribution < 1.29 is 4.74 Å². The Kier molecular flexibility index (Phi) is 4.83. The molecule has 9 nitrogen and oxygen atoms in total. The van der Waals surface area contributed by atoms with E-state index in [0.29, 0.717) is 36.9 Å². The number of anilines is 3. The van der Waals surface area contributed by atoms with Crippen molar-refractivity contribution >= 4 is 17.8 Å². The van der Waals surface area contributed by atoms with Crippen LogP contribution in [0.25, 0.3) is 0 Å². The fourth-order valence-corrected chi connectivity index (χ4v) is 4.70. The number of ether oxygens (including phenoxy) is 1. The van der Waals surface area contributed by atoms with E-state index in [2.05, 4.69) is 26.2 Å². The number of pyridine rings is 1. The second-order valence-corrected chi connectivity index (χ2v) is 7.99. The normalized spacial score (nSPS) is 23.6. The zero-order chi connectivity index (χ0) is 19.8. The van der Waals surface area contributed by atoms with Gasteiger partial charge in [-0.25, -0.2) is 0 Å². The van der Waals surface area contributed by atoms with Gasteiger partial charge in [0.2, 0.25) is 17.8 Å². The number of piperidine rings is 1. The Balaban J connectivity index is 1.46. The van der Waals surface area contributed by atoms with Gasteiger partial charge in [0.15, 0.2) is 0 Å². The molecule has 2 saturated heterocycles. The summed E-state index contributed by atoms with van der Waals surface area (Å²) in [5.41, 5.74) is 1.24. The van der Waals surface area contributed by atoms with E-state index in [9.17, 15) is 4.79 Å². The molecule has 0 spiro atoms. The maximum absolute atomic E-state index is 12.3. The van der Waals surface area contributed by atoms with Gasteiger partial charge in [0.05, 0.1) is 13.2 Å². The Morgan fingerprint density at radius 3 is 2.66 bits per heavy atom. The van der Waals surface area contributed by atoms with Gasteiger partial charge in [0.25, 0.3) is 5.56 Å². The molecule has 2 aromatic heterocycles. The lowest BCUT2D eigenvalue weighted by Crippen LogP contribution is -2.48. The van der Waals surface area contributed by atoms with Gasteiger partial charge in [-0.05, 0) is 25.3 Å². The zero-order valence-corrected chi connectivity index (χ0v) is 16.8. The van der Waals surface area contributed by atoms with Gasteiger partial charge >= 0.3 is 0 Å². The minimum atomic E-state index is 0.106. The molecule has 3 aliphatic heterocycles. The van der Waals surface area contributed by atoms with E-state index in [-0.39, 0.29) is 5.56 Å². The molecule has 0 amide bonds. The Morgan fingerprint density at radius 1 is 1.07 bits per heavy atom. The summed E-state index contributed by atoms with van der Waals surface area (Å²) in [4.78, 5) is 30.9. The van der Waals surface area contributed by atoms with Crippen LogP contribution in [0.15, 0.2) is 23.0 Å². The summed E-state index contributed by atoms with van der Waals surface area (Å²) in [6.45, 7) is 8.20. The molecular formula is C20H27N7O2. The molecule has 1 N–H and O–H groups in total. The molecular weight excluding hydrogens is 370 g/mol. The van der Waals surface area contributed by atoms with Crippen LogP contribution in [0.2, 0.25) is 0 Å². The van der Waals surface area contributed by atoms with Gasteiger partial charge in [0.1, 0.15) is 0 Å². The fourth-order valence-electron chi connectivity index (χ4n) is 4.70. The van der Waals surface area contributed by atoms with E-state index in [1.54, 1.807) is 6.07 Å². The summed E-state index contributed by atoms with van der Waals surface area (Å²) in [5, 5.41) is 3.25. The third kappa shape index (κ3) is 3.55. The third-order valence-corrected chi connectivity index (χ3v) is 6.00. The third-order valence-electron chi connectivity index (χ3n) is 6.00. The van der Waals surface area contributed by atoms with Crippen molar-refractivity contribution in [1.29, 1.82) is 0 Å². The molecule has 0 radical (unpaired) electrons. The van der Waals surface area contributed by atoms with Crippen LogP contribution < -0.4 is 20.7 Å². The second kappa shape index (κ2) is 7.62. The Labute approximate surface area is 169 Å². The Bertz CT molecular complexity index is 941. The van der Waals surface area contributed by atoms with Crippen molar-refractivity contribution in [2.24, 2.45) is 5.92 Å². The minimum absolute atomic E-state index is 0.106. The predicted molar refractivity (Wildman–Crippen MR) is 111 cm³/mol. The number of hydrogen-bond donors (Lipinski definition) is 1. The highest BCUT2D eigenvalue weighted by atomic mass is 16.5. The summed E-state index contributed by atoms with van der Waals surface area (Å²) in [7, 11) is 0. The molecule has 5 heterocycles. The summed E-state index contributed by atoms with van der Waals surface area (Å²) in [6.07, 6.45) is 1.11. The van der Waals surface area contributed by atoms with Crippen LogP contribution in [0.5, 0.6) is 0 Å². The monoisotopic (exact) mass is 397 g/mol. The molecule has 29 heavy (non-hydrogen) atoms. The summed E-state index contributed by atoms with van der Waals surface area (Å²) >= 11 is 0. The maximum atomic E-state index is 12.3. The molecule has 3 aliphatic rings. The number of hydrogen-bond acceptors (Lipinski definition) is 8. The highest BCUT2D eigenvalue weighted by Gasteiger charge is 2.35. The minimum Gasteiger partial charge on any atom is -0.378 e. The van der Waals surface area contributed by atoms with Crippen LogP contribution in [-0.2, 0) is 11.3 Å². The summed E-state index contributed by atoms with van der Waals surface area (Å²) in [6, 6.07) is 5.62. The van der Waals surface area contributed by atoms with Gasteiger partial charge in [-0.15, -0.1) is 0 Å². The number of nitrogens with one attached hydrogen (secondary N) is 1. The lowest BCUT2D eigenvalue weighted by Gasteiger charge is -2.42. The molecule has 2 aromatic rings. The number of aromatic nitrogens is 4. The van der Waals surface area contributed by atoms with E-state index in [0.717, 1.165) is 57.3 Å². The number of fused-ring (bicyclic) bond motifs is 4. The van der Waals surface area contributed by atoms with Crippen LogP contribution in [0.1, 0.15) is 25.0 Å². The first-order valence-electron chi connectivity index (χ1n) is 10.5. The van der Waals surface area contributed by atoms with Crippen LogP contribution in [0, 0.1) is 5.92 Å². The molecule has 2 atom stereocenters. The summed E-state index contributed by atoms with van der Waals surface area (Å²) in [5.74, 6) is 2.79. The molecule has 0 aromatic carbocycles. The van der Waals surface area contributed by atoms with E-state index in [1.807, 2.05) is 17.6 Å². The smallest absolute Gasteiger partial charge is 0.250 e. The van der Waals surface area contributed by atoms with Crippen molar-refractivity contribution in [3.63, 3.8) is 0 Å². The Hall–Kier alpha value is -2.68. The SMILES string of the molecule is CCNc1nc(N2CCOCC2)nc(N2CC3CC(C2)c2cccc(=O)n2C3)n1. The van der Waals surface area contributed by atoms with Crippen molar-refractivity contribution in [1.82, 2.24) is 19.5 Å². The van der Waals surface area contributed by atoms with Gasteiger partial charge in [-0.3, -0.25) is 4.79 Å². The molecule has 2 fully saturated rings. The zero-order valence-electron chi connectivity index (χ0n) is 16.8. The first-order valence-corrected chi connectivity index (χ1v) is 10.5. The first-order chi connectivity index (χ1) is 14.2. The average Bonchev–Trinajstić information content (AvgIpc) is 2.75. The van der Waals surface area contributed by atoms with Gasteiger partial charge in [-0.1, -0.05) is 6.07 Å². The molecule has 0 saturated carbocycles. The highest BCUT2D eigenvalue weighted by molar-refractivity contribution is 5.46. The standard InChI is InChI=1S/C20H27N7O2/c1-2-21-18-22-19(25-6-8-29-9-7-25)24-20(23-18)26-11-14-10-15(13-26)16-4-3-5-17(28)27(16)12-14/h3-5,14-15H,2,6-13H2,1H3,(H,21,22,23,24). The van der Waals surface area contributed by atoms with Crippen LogP contribution in [-0.4, -0.2) is 65.5 Å². The van der Waals surface area contributed by atoms with E-state index < -0.39 is 0 Å². The number of rotatable bonds is 4. The predicted octanol–water partition coefficient (Wildman–Crippen LogP) is 0.925. The molecule has 9 heteroatoms. The van der Waals surface area contributed by atoms with E-state index >= 15 is 0 Å². The lowest BCUT2D eigenvalue weighted by atomic mass is 9.83. The summed E-state index contributed by atoms with van der Waals surface area (Å²) < 4.78 is 7.42. The van der Waals surface area contributed by atoms with Gasteiger partial charge in [0, 0.05) is 56.9 Å². The maximum Gasteiger partial charge on any atom is 0.250 e. The van der Waals surface area contributed by atoms with Crippen LogP contribution in [0.4, 0.5) is 17.8 Å². The van der Waals surface area contributed by atoms with E-state index in [4.69, 9.17) is 14.7 Å². The first kappa shape index (κ1) is 18.4. The van der Waals surface area contributed by atoms with Crippen molar-refractivity contribution in [3.05, 3.63) is 34.2 Å². The largest absolute Gasteiger partial charge is 0.378 e. The van der Waals surface area contributed by atoms with Gasteiger partial charge < -0.3 is 24.4 Å². The molecule has 0 aliphatic carbocycles. The Morgan fingerprint density at radius 2 is 1.86 bits per heavy atom. The van der Waals surface area contributed by atoms with Crippen molar-refractivity contribution in [3.8, 4) is 0 Å². The quantitative estimate of drug-likeness (QED) is 0.815. The lowest BCUT2D eigenvalue weighted by molar-refractivity contribution is 0.122. The number of nitrogens with zero attached hydrogens (tertiary/aromatic N) is 6. The molecule has 2 unspecified atom stereocenters. The second-order valence-electron chi connectivity index (χ2n) is 7.99. The molecule has 154 valence electrons. The van der Waals surface area contributed by atoms with Gasteiger partial charge in [-0.2, -0.15) is 15.0 Å². The van der Waals surface area contributed by atoms with Crippen LogP contribution >= 0.6 is 0 Å².